The molecule has 2 heterocycles. The number of carbonyl (C=O) groups is 4. The minimum atomic E-state index is -4.58. The number of nitrogens with zero attached hydrogens (tertiary/aromatic N) is 3. The fourth-order valence-electron chi connectivity index (χ4n) is 6.10. The molecular formula is C37H38F3N3O6. The summed E-state index contributed by atoms with van der Waals surface area (Å²) < 4.78 is 51.2. The quantitative estimate of drug-likeness (QED) is 0.186. The average Bonchev–Trinajstić information content (AvgIpc) is 3.42. The summed E-state index contributed by atoms with van der Waals surface area (Å²) in [7, 11) is 1.39. The molecule has 0 bridgehead atoms. The van der Waals surface area contributed by atoms with E-state index in [2.05, 4.69) is 0 Å². The molecule has 3 aromatic rings. The van der Waals surface area contributed by atoms with Crippen molar-refractivity contribution in [2.45, 2.75) is 69.7 Å². The molecule has 0 N–H and O–H groups in total. The molecule has 0 saturated carbocycles. The van der Waals surface area contributed by atoms with Crippen molar-refractivity contribution in [3.05, 3.63) is 113 Å². The van der Waals surface area contributed by atoms with Crippen LogP contribution in [0.5, 0.6) is 0 Å². The van der Waals surface area contributed by atoms with Gasteiger partial charge in [0.25, 0.3) is 0 Å². The number of halogens is 3. The SMILES string of the molecule is CN(Cc1cccc(C(F)(F)F)c1)C(=O)C(CC(=O)OC(C)(C)C)N1C(=O)C(N2C(=O)OC[C@@H]2c2ccccc2)C1C=Cc1ccccc1. The van der Waals surface area contributed by atoms with Crippen LogP contribution in [-0.2, 0) is 36.6 Å². The number of likely N-dealkylation sites (N-methyl/N-ethyl adjacent to an activating group) is 1. The number of benzene rings is 3. The molecule has 2 aliphatic heterocycles. The van der Waals surface area contributed by atoms with Gasteiger partial charge in [-0.25, -0.2) is 4.79 Å². The lowest BCUT2D eigenvalue weighted by Gasteiger charge is -2.52. The molecule has 9 nitrogen and oxygen atoms in total. The highest BCUT2D eigenvalue weighted by molar-refractivity contribution is 5.99. The van der Waals surface area contributed by atoms with E-state index < -0.39 is 71.8 Å². The molecule has 0 aliphatic carbocycles. The zero-order valence-corrected chi connectivity index (χ0v) is 27.6. The van der Waals surface area contributed by atoms with Gasteiger partial charge in [0.2, 0.25) is 11.8 Å². The van der Waals surface area contributed by atoms with Crippen LogP contribution in [-0.4, -0.2) is 76.0 Å². The summed E-state index contributed by atoms with van der Waals surface area (Å²) in [6, 6.07) is 19.0. The summed E-state index contributed by atoms with van der Waals surface area (Å²) in [5.74, 6) is -2.02. The van der Waals surface area contributed by atoms with Gasteiger partial charge in [-0.05, 0) is 49.6 Å². The van der Waals surface area contributed by atoms with Crippen molar-refractivity contribution in [1.29, 1.82) is 0 Å². The Morgan fingerprint density at radius 1 is 0.980 bits per heavy atom. The molecule has 4 atom stereocenters. The first-order valence-electron chi connectivity index (χ1n) is 15.8. The molecule has 258 valence electrons. The number of amides is 3. The average molecular weight is 678 g/mol. The van der Waals surface area contributed by atoms with Crippen molar-refractivity contribution < 1.29 is 41.8 Å². The van der Waals surface area contributed by atoms with E-state index in [-0.39, 0.29) is 18.7 Å². The lowest BCUT2D eigenvalue weighted by atomic mass is 9.87. The lowest BCUT2D eigenvalue weighted by Crippen LogP contribution is -2.74. The Morgan fingerprint density at radius 3 is 2.27 bits per heavy atom. The van der Waals surface area contributed by atoms with Gasteiger partial charge in [-0.15, -0.1) is 0 Å². The Kier molecular flexibility index (Phi) is 10.2. The van der Waals surface area contributed by atoms with Crippen LogP contribution < -0.4 is 0 Å². The summed E-state index contributed by atoms with van der Waals surface area (Å²) in [6.07, 6.45) is -2.33. The molecular weight excluding hydrogens is 639 g/mol. The van der Waals surface area contributed by atoms with Crippen molar-refractivity contribution in [2.75, 3.05) is 13.7 Å². The molecule has 0 radical (unpaired) electrons. The molecule has 3 aromatic carbocycles. The number of cyclic esters (lactones) is 1. The number of rotatable bonds is 10. The van der Waals surface area contributed by atoms with Gasteiger partial charge in [0, 0.05) is 13.6 Å². The zero-order chi connectivity index (χ0) is 35.5. The van der Waals surface area contributed by atoms with Crippen molar-refractivity contribution in [3.63, 3.8) is 0 Å². The highest BCUT2D eigenvalue weighted by Gasteiger charge is 2.58. The molecule has 0 spiro atoms. The summed E-state index contributed by atoms with van der Waals surface area (Å²) in [5, 5.41) is 0. The normalized spacial score (nSPS) is 20.2. The van der Waals surface area contributed by atoms with Gasteiger partial charge in [0.05, 0.1) is 24.1 Å². The van der Waals surface area contributed by atoms with E-state index in [9.17, 15) is 32.3 Å². The second kappa shape index (κ2) is 14.2. The molecule has 2 saturated heterocycles. The van der Waals surface area contributed by atoms with Crippen molar-refractivity contribution in [3.8, 4) is 0 Å². The summed E-state index contributed by atoms with van der Waals surface area (Å²) >= 11 is 0. The van der Waals surface area contributed by atoms with E-state index in [1.165, 1.54) is 33.9 Å². The van der Waals surface area contributed by atoms with E-state index in [0.717, 1.165) is 23.3 Å². The topological polar surface area (TPSA) is 96.5 Å². The maximum absolute atomic E-state index is 14.2. The van der Waals surface area contributed by atoms with Gasteiger partial charge in [-0.2, -0.15) is 13.2 Å². The van der Waals surface area contributed by atoms with Crippen molar-refractivity contribution in [1.82, 2.24) is 14.7 Å². The summed E-state index contributed by atoms with van der Waals surface area (Å²) in [4.78, 5) is 58.6. The standard InChI is InChI=1S/C37H38F3N3O6/c1-36(2,3)49-31(44)21-29(33(45)41(4)22-25-14-11-17-27(20-25)37(38,39)40)42-28(19-18-24-12-7-5-8-13-24)32(34(42)46)43-30(23-48-35(43)47)26-15-9-6-10-16-26/h5-20,28-30,32H,21-23H2,1-4H3/t28?,29?,30-,32?/m1/s1. The van der Waals surface area contributed by atoms with Crippen LogP contribution in [0, 0.1) is 0 Å². The highest BCUT2D eigenvalue weighted by atomic mass is 19.4. The number of likely N-dealkylation sites (tertiary alicyclic amines) is 1. The maximum atomic E-state index is 14.2. The predicted octanol–water partition coefficient (Wildman–Crippen LogP) is 6.25. The van der Waals surface area contributed by atoms with Gasteiger partial charge in [0.15, 0.2) is 0 Å². The minimum absolute atomic E-state index is 0.0156. The van der Waals surface area contributed by atoms with Crippen LogP contribution in [0.1, 0.15) is 55.5 Å². The third kappa shape index (κ3) is 8.13. The largest absolute Gasteiger partial charge is 0.460 e. The van der Waals surface area contributed by atoms with Gasteiger partial charge in [-0.3, -0.25) is 19.3 Å². The number of ether oxygens (including phenoxy) is 2. The molecule has 12 heteroatoms. The number of alkyl halides is 3. The van der Waals surface area contributed by atoms with E-state index in [4.69, 9.17) is 9.47 Å². The first kappa shape index (κ1) is 35.2. The van der Waals surface area contributed by atoms with Crippen LogP contribution in [0.15, 0.2) is 91.0 Å². The fraction of sp³-hybridized carbons (Fsp3) is 0.351. The summed E-state index contributed by atoms with van der Waals surface area (Å²) in [5.41, 5.74) is -0.00670. The van der Waals surface area contributed by atoms with Crippen molar-refractivity contribution >= 4 is 30.0 Å². The Bertz CT molecular complexity index is 1710. The van der Waals surface area contributed by atoms with Crippen LogP contribution in [0.3, 0.4) is 0 Å². The Morgan fingerprint density at radius 2 is 1.63 bits per heavy atom. The summed E-state index contributed by atoms with van der Waals surface area (Å²) in [6.45, 7) is 4.79. The number of hydrogen-bond donors (Lipinski definition) is 0. The lowest BCUT2D eigenvalue weighted by molar-refractivity contribution is -0.170. The van der Waals surface area contributed by atoms with Crippen LogP contribution in [0.4, 0.5) is 18.0 Å². The molecule has 3 amide bonds. The molecule has 0 aromatic heterocycles. The van der Waals surface area contributed by atoms with Crippen LogP contribution in [0.25, 0.3) is 6.08 Å². The van der Waals surface area contributed by atoms with Gasteiger partial charge >= 0.3 is 18.2 Å². The fourth-order valence-corrected chi connectivity index (χ4v) is 6.10. The number of esters is 1. The Hall–Kier alpha value is -5.13. The second-order valence-electron chi connectivity index (χ2n) is 13.1. The van der Waals surface area contributed by atoms with E-state index >= 15 is 0 Å². The maximum Gasteiger partial charge on any atom is 0.416 e. The van der Waals surface area contributed by atoms with E-state index in [1.807, 2.05) is 60.7 Å². The third-order valence-electron chi connectivity index (χ3n) is 8.28. The van der Waals surface area contributed by atoms with Gasteiger partial charge < -0.3 is 19.3 Å². The molecule has 3 unspecified atom stereocenters. The highest BCUT2D eigenvalue weighted by Crippen LogP contribution is 2.39. The third-order valence-corrected chi connectivity index (χ3v) is 8.28. The first-order chi connectivity index (χ1) is 23.1. The number of carbonyl (C=O) groups excluding carboxylic acids is 4. The number of hydrogen-bond acceptors (Lipinski definition) is 6. The predicted molar refractivity (Wildman–Crippen MR) is 174 cm³/mol. The minimum Gasteiger partial charge on any atom is -0.460 e. The van der Waals surface area contributed by atoms with E-state index in [0.29, 0.717) is 0 Å². The molecule has 5 rings (SSSR count). The molecule has 2 fully saturated rings. The zero-order valence-electron chi connectivity index (χ0n) is 27.6. The monoisotopic (exact) mass is 677 g/mol. The van der Waals surface area contributed by atoms with Crippen LogP contribution in [0.2, 0.25) is 0 Å². The van der Waals surface area contributed by atoms with Crippen molar-refractivity contribution in [2.24, 2.45) is 0 Å². The molecule has 2 aliphatic rings. The van der Waals surface area contributed by atoms with Crippen LogP contribution >= 0.6 is 0 Å². The Labute approximate surface area is 282 Å². The van der Waals surface area contributed by atoms with Gasteiger partial charge in [0.1, 0.15) is 24.3 Å². The smallest absolute Gasteiger partial charge is 0.416 e. The second-order valence-corrected chi connectivity index (χ2v) is 13.1. The van der Waals surface area contributed by atoms with Gasteiger partial charge in [-0.1, -0.05) is 84.9 Å². The first-order valence-corrected chi connectivity index (χ1v) is 15.8. The number of β-lactam (4-membered cyclic amide) rings is 1. The molecule has 49 heavy (non-hydrogen) atoms. The Balaban J connectivity index is 1.51. The van der Waals surface area contributed by atoms with E-state index in [1.54, 1.807) is 32.9 Å².